The molecule has 1 aromatic carbocycles. The first kappa shape index (κ1) is 23.8. The van der Waals surface area contributed by atoms with Crippen molar-refractivity contribution in [3.05, 3.63) is 64.0 Å². The molecule has 10 heteroatoms. The molecule has 2 saturated carbocycles. The number of aromatic nitrogens is 3. The minimum Gasteiger partial charge on any atom is -0.494 e. The Balaban J connectivity index is 1.42. The Labute approximate surface area is 223 Å². The molecule has 2 aromatic heterocycles. The van der Waals surface area contributed by atoms with E-state index < -0.39 is 0 Å². The van der Waals surface area contributed by atoms with Crippen LogP contribution in [0.15, 0.2) is 53.0 Å². The molecule has 0 radical (unpaired) electrons. The number of anilines is 1. The average Bonchev–Trinajstić information content (AvgIpc) is 3.87. The SMILES string of the molecule is COc1cnc(Cl)cc1-c1cc(C2CC=CN=N2)ccc1C(=O)N(c1nnc(C#CC2CC2)s1)C1CC1. The second kappa shape index (κ2) is 10.0. The molecule has 2 fully saturated rings. The number of rotatable bonds is 6. The van der Waals surface area contributed by atoms with E-state index in [0.717, 1.165) is 37.7 Å². The van der Waals surface area contributed by atoms with Gasteiger partial charge in [0.25, 0.3) is 5.91 Å². The van der Waals surface area contributed by atoms with Crippen molar-refractivity contribution in [1.29, 1.82) is 0 Å². The highest BCUT2D eigenvalue weighted by Crippen LogP contribution is 2.40. The van der Waals surface area contributed by atoms with E-state index >= 15 is 0 Å². The van der Waals surface area contributed by atoms with Crippen molar-refractivity contribution < 1.29 is 9.53 Å². The summed E-state index contributed by atoms with van der Waals surface area (Å²) in [7, 11) is 1.57. The standard InChI is InChI=1S/C27H23ClN6O2S/c1-36-23-15-29-24(28)14-21(23)20-13-17(22-3-2-12-30-31-22)7-10-19(20)26(35)34(18-8-9-18)27-33-32-25(37-27)11-6-16-4-5-16/h2,7,10,12-16,18,22H,3-5,8-9H2,1H3. The zero-order valence-corrected chi connectivity index (χ0v) is 21.7. The van der Waals surface area contributed by atoms with Crippen molar-refractivity contribution in [3.8, 4) is 28.7 Å². The molecule has 0 N–H and O–H groups in total. The fraction of sp³-hybridized carbons (Fsp3) is 0.333. The predicted octanol–water partition coefficient (Wildman–Crippen LogP) is 6.24. The van der Waals surface area contributed by atoms with Crippen molar-refractivity contribution >= 4 is 34.0 Å². The first-order chi connectivity index (χ1) is 18.1. The van der Waals surface area contributed by atoms with Crippen LogP contribution in [0.1, 0.15) is 59.1 Å². The molecule has 1 aliphatic heterocycles. The summed E-state index contributed by atoms with van der Waals surface area (Å²) in [5, 5.41) is 18.5. The third kappa shape index (κ3) is 5.13. The Kier molecular flexibility index (Phi) is 6.45. The number of hydrogen-bond donors (Lipinski definition) is 0. The number of carbonyl (C=O) groups excluding carboxylic acids is 1. The van der Waals surface area contributed by atoms with E-state index in [1.165, 1.54) is 11.3 Å². The molecule has 1 unspecified atom stereocenters. The number of nitrogens with zero attached hydrogens (tertiary/aromatic N) is 6. The van der Waals surface area contributed by atoms with Gasteiger partial charge in [0.1, 0.15) is 10.9 Å². The van der Waals surface area contributed by atoms with Crippen molar-refractivity contribution in [1.82, 2.24) is 15.2 Å². The van der Waals surface area contributed by atoms with Gasteiger partial charge in [-0.3, -0.25) is 9.69 Å². The van der Waals surface area contributed by atoms with Gasteiger partial charge in [0, 0.05) is 29.3 Å². The van der Waals surface area contributed by atoms with E-state index in [9.17, 15) is 4.79 Å². The Morgan fingerprint density at radius 3 is 2.76 bits per heavy atom. The molecule has 0 bridgehead atoms. The minimum atomic E-state index is -0.151. The highest BCUT2D eigenvalue weighted by molar-refractivity contribution is 7.16. The average molecular weight is 531 g/mol. The summed E-state index contributed by atoms with van der Waals surface area (Å²) in [6, 6.07) is 7.42. The second-order valence-corrected chi connectivity index (χ2v) is 10.6. The first-order valence-corrected chi connectivity index (χ1v) is 13.4. The third-order valence-corrected chi connectivity index (χ3v) is 7.50. The lowest BCUT2D eigenvalue weighted by Crippen LogP contribution is -2.33. The zero-order valence-electron chi connectivity index (χ0n) is 20.1. The van der Waals surface area contributed by atoms with Gasteiger partial charge < -0.3 is 4.74 Å². The number of hydrogen-bond acceptors (Lipinski definition) is 8. The quantitative estimate of drug-likeness (QED) is 0.277. The largest absolute Gasteiger partial charge is 0.494 e. The van der Waals surface area contributed by atoms with Gasteiger partial charge in [0.15, 0.2) is 5.01 Å². The molecule has 3 heterocycles. The normalized spacial score (nSPS) is 18.3. The van der Waals surface area contributed by atoms with Gasteiger partial charge in [-0.15, -0.1) is 10.2 Å². The highest BCUT2D eigenvalue weighted by Gasteiger charge is 2.37. The summed E-state index contributed by atoms with van der Waals surface area (Å²) in [6.45, 7) is 0. The van der Waals surface area contributed by atoms with Gasteiger partial charge >= 0.3 is 0 Å². The van der Waals surface area contributed by atoms with Gasteiger partial charge in [-0.25, -0.2) is 4.98 Å². The highest BCUT2D eigenvalue weighted by atomic mass is 35.5. The molecule has 2 aliphatic carbocycles. The molecule has 0 spiro atoms. The number of amides is 1. The summed E-state index contributed by atoms with van der Waals surface area (Å²) in [5.41, 5.74) is 2.83. The van der Waals surface area contributed by atoms with Gasteiger partial charge in [0.05, 0.1) is 19.3 Å². The molecule has 6 rings (SSSR count). The van der Waals surface area contributed by atoms with E-state index in [1.807, 2.05) is 24.3 Å². The minimum absolute atomic E-state index is 0.0809. The Hall–Kier alpha value is -3.61. The molecule has 186 valence electrons. The van der Waals surface area contributed by atoms with Gasteiger partial charge in [-0.1, -0.05) is 41.0 Å². The number of pyridine rings is 1. The van der Waals surface area contributed by atoms with Crippen LogP contribution in [-0.2, 0) is 0 Å². The predicted molar refractivity (Wildman–Crippen MR) is 142 cm³/mol. The van der Waals surface area contributed by atoms with Gasteiger partial charge in [0.2, 0.25) is 5.13 Å². The summed E-state index contributed by atoms with van der Waals surface area (Å²) in [6.07, 6.45) is 10.1. The number of halogens is 1. The number of ether oxygens (including phenoxy) is 1. The topological polar surface area (TPSA) is 92.9 Å². The number of methoxy groups -OCH3 is 1. The van der Waals surface area contributed by atoms with Crippen LogP contribution in [0, 0.1) is 17.8 Å². The van der Waals surface area contributed by atoms with Crippen LogP contribution < -0.4 is 9.64 Å². The number of benzene rings is 1. The maximum absolute atomic E-state index is 14.2. The fourth-order valence-corrected chi connectivity index (χ4v) is 5.14. The zero-order chi connectivity index (χ0) is 25.4. The Morgan fingerprint density at radius 2 is 2.03 bits per heavy atom. The van der Waals surface area contributed by atoms with E-state index in [1.54, 1.807) is 30.5 Å². The summed E-state index contributed by atoms with van der Waals surface area (Å²) >= 11 is 7.65. The van der Waals surface area contributed by atoms with Crippen LogP contribution in [0.3, 0.4) is 0 Å². The van der Waals surface area contributed by atoms with Crippen LogP contribution in [0.2, 0.25) is 5.15 Å². The molecule has 8 nitrogen and oxygen atoms in total. The lowest BCUT2D eigenvalue weighted by atomic mass is 9.93. The summed E-state index contributed by atoms with van der Waals surface area (Å²) in [4.78, 5) is 20.1. The van der Waals surface area contributed by atoms with Crippen LogP contribution in [0.25, 0.3) is 11.1 Å². The van der Waals surface area contributed by atoms with Crippen LogP contribution in [0.5, 0.6) is 5.75 Å². The molecule has 1 amide bonds. The van der Waals surface area contributed by atoms with Crippen molar-refractivity contribution in [2.45, 2.75) is 44.2 Å². The maximum Gasteiger partial charge on any atom is 0.261 e. The van der Waals surface area contributed by atoms with Crippen molar-refractivity contribution in [3.63, 3.8) is 0 Å². The summed E-state index contributed by atoms with van der Waals surface area (Å²) in [5.74, 6) is 7.17. The lowest BCUT2D eigenvalue weighted by molar-refractivity contribution is 0.0985. The van der Waals surface area contributed by atoms with Crippen molar-refractivity contribution in [2.75, 3.05) is 12.0 Å². The molecule has 0 saturated heterocycles. The summed E-state index contributed by atoms with van der Waals surface area (Å²) < 4.78 is 5.60. The first-order valence-electron chi connectivity index (χ1n) is 12.2. The lowest BCUT2D eigenvalue weighted by Gasteiger charge is -2.22. The van der Waals surface area contributed by atoms with Gasteiger partial charge in [-0.2, -0.15) is 10.2 Å². The maximum atomic E-state index is 14.2. The van der Waals surface area contributed by atoms with E-state index in [0.29, 0.717) is 43.7 Å². The number of carbonyl (C=O) groups is 1. The van der Waals surface area contributed by atoms with Crippen LogP contribution >= 0.6 is 22.9 Å². The second-order valence-electron chi connectivity index (χ2n) is 9.22. The van der Waals surface area contributed by atoms with E-state index in [2.05, 4.69) is 37.3 Å². The van der Waals surface area contributed by atoms with Gasteiger partial charge in [-0.05, 0) is 67.4 Å². The van der Waals surface area contributed by atoms with E-state index in [4.69, 9.17) is 16.3 Å². The van der Waals surface area contributed by atoms with Crippen molar-refractivity contribution in [2.24, 2.45) is 16.1 Å². The van der Waals surface area contributed by atoms with Crippen LogP contribution in [-0.4, -0.2) is 34.2 Å². The van der Waals surface area contributed by atoms with Crippen LogP contribution in [0.4, 0.5) is 5.13 Å². The molecule has 3 aliphatic rings. The van der Waals surface area contributed by atoms with E-state index in [-0.39, 0.29) is 18.0 Å². The number of azo groups is 1. The Bertz CT molecular complexity index is 1480. The Morgan fingerprint density at radius 1 is 1.16 bits per heavy atom. The molecular weight excluding hydrogens is 508 g/mol. The molecule has 3 aromatic rings. The third-order valence-electron chi connectivity index (χ3n) is 6.45. The molecule has 37 heavy (non-hydrogen) atoms. The molecule has 1 atom stereocenters. The smallest absolute Gasteiger partial charge is 0.261 e. The fourth-order valence-electron chi connectivity index (χ4n) is 4.20. The molecular formula is C27H23ClN6O2S. The monoisotopic (exact) mass is 530 g/mol.